The van der Waals surface area contributed by atoms with Gasteiger partial charge in [0.1, 0.15) is 11.3 Å². The maximum absolute atomic E-state index is 6.08. The standard InChI is InChI=1S/C25H18N2O/c1-17-16-26-12-10-22(17)25-15-21-14-19(8-9-24(21)28-25)18-5-4-6-20(13-18)23-7-2-3-11-27-23/h2-16H,1H3. The second kappa shape index (κ2) is 6.78. The highest BCUT2D eigenvalue weighted by atomic mass is 16.3. The molecule has 0 N–H and O–H groups in total. The van der Waals surface area contributed by atoms with Crippen LogP contribution in [0, 0.1) is 6.92 Å². The summed E-state index contributed by atoms with van der Waals surface area (Å²) < 4.78 is 6.08. The summed E-state index contributed by atoms with van der Waals surface area (Å²) in [6.07, 6.45) is 5.48. The smallest absolute Gasteiger partial charge is 0.135 e. The zero-order chi connectivity index (χ0) is 18.9. The highest BCUT2D eigenvalue weighted by molar-refractivity contribution is 5.88. The average Bonchev–Trinajstić information content (AvgIpc) is 3.18. The number of hydrogen-bond donors (Lipinski definition) is 0. The molecule has 0 radical (unpaired) electrons. The van der Waals surface area contributed by atoms with Crippen LogP contribution in [0.5, 0.6) is 0 Å². The van der Waals surface area contributed by atoms with Crippen LogP contribution in [0.3, 0.4) is 0 Å². The second-order valence-corrected chi connectivity index (χ2v) is 6.85. The van der Waals surface area contributed by atoms with E-state index in [1.807, 2.05) is 49.6 Å². The first-order chi connectivity index (χ1) is 13.8. The largest absolute Gasteiger partial charge is 0.456 e. The van der Waals surface area contributed by atoms with Crippen LogP contribution in [-0.2, 0) is 0 Å². The fraction of sp³-hybridized carbons (Fsp3) is 0.0400. The summed E-state index contributed by atoms with van der Waals surface area (Å²) in [4.78, 5) is 8.62. The van der Waals surface area contributed by atoms with Gasteiger partial charge in [-0.3, -0.25) is 9.97 Å². The summed E-state index contributed by atoms with van der Waals surface area (Å²) >= 11 is 0. The molecule has 0 bridgehead atoms. The lowest BCUT2D eigenvalue weighted by molar-refractivity contribution is 0.631. The van der Waals surface area contributed by atoms with Crippen LogP contribution in [-0.4, -0.2) is 9.97 Å². The fourth-order valence-electron chi connectivity index (χ4n) is 3.50. The average molecular weight is 362 g/mol. The highest BCUT2D eigenvalue weighted by Crippen LogP contribution is 2.33. The molecule has 28 heavy (non-hydrogen) atoms. The van der Waals surface area contributed by atoms with Gasteiger partial charge in [0.15, 0.2) is 0 Å². The van der Waals surface area contributed by atoms with E-state index in [4.69, 9.17) is 4.42 Å². The van der Waals surface area contributed by atoms with E-state index in [2.05, 4.69) is 52.4 Å². The van der Waals surface area contributed by atoms with Gasteiger partial charge in [0.05, 0.1) is 5.69 Å². The Balaban J connectivity index is 1.57. The lowest BCUT2D eigenvalue weighted by atomic mass is 10.0. The van der Waals surface area contributed by atoms with Crippen LogP contribution in [0.4, 0.5) is 0 Å². The van der Waals surface area contributed by atoms with Crippen molar-refractivity contribution in [2.45, 2.75) is 6.92 Å². The Hall–Kier alpha value is -3.72. The molecule has 3 heteroatoms. The van der Waals surface area contributed by atoms with Crippen molar-refractivity contribution in [3.8, 4) is 33.7 Å². The first kappa shape index (κ1) is 16.5. The first-order valence-corrected chi connectivity index (χ1v) is 9.24. The van der Waals surface area contributed by atoms with Gasteiger partial charge < -0.3 is 4.42 Å². The lowest BCUT2D eigenvalue weighted by Gasteiger charge is -2.05. The number of aryl methyl sites for hydroxylation is 1. The Morgan fingerprint density at radius 3 is 2.50 bits per heavy atom. The summed E-state index contributed by atoms with van der Waals surface area (Å²) in [5.74, 6) is 0.870. The molecular formula is C25H18N2O. The third kappa shape index (κ3) is 2.97. The van der Waals surface area contributed by atoms with Crippen molar-refractivity contribution in [3.63, 3.8) is 0 Å². The molecule has 0 saturated heterocycles. The number of rotatable bonds is 3. The van der Waals surface area contributed by atoms with E-state index in [-0.39, 0.29) is 0 Å². The van der Waals surface area contributed by atoms with Gasteiger partial charge >= 0.3 is 0 Å². The number of aromatic nitrogens is 2. The predicted octanol–water partition coefficient (Wildman–Crippen LogP) is 6.53. The maximum atomic E-state index is 6.08. The van der Waals surface area contributed by atoms with E-state index in [1.165, 1.54) is 0 Å². The number of nitrogens with zero attached hydrogens (tertiary/aromatic N) is 2. The molecule has 0 aliphatic carbocycles. The molecule has 2 aromatic carbocycles. The topological polar surface area (TPSA) is 38.9 Å². The fourth-order valence-corrected chi connectivity index (χ4v) is 3.50. The summed E-state index contributed by atoms with van der Waals surface area (Å²) in [6.45, 7) is 2.05. The summed E-state index contributed by atoms with van der Waals surface area (Å²) in [7, 11) is 0. The van der Waals surface area contributed by atoms with E-state index >= 15 is 0 Å². The molecule has 0 saturated carbocycles. The molecule has 0 aliphatic heterocycles. The van der Waals surface area contributed by atoms with Gasteiger partial charge in [-0.2, -0.15) is 0 Å². The number of hydrogen-bond acceptors (Lipinski definition) is 3. The summed E-state index contributed by atoms with van der Waals surface area (Å²) in [6, 6.07) is 24.9. The van der Waals surface area contributed by atoms with Crippen molar-refractivity contribution in [2.24, 2.45) is 0 Å². The Labute approximate surface area is 163 Å². The van der Waals surface area contributed by atoms with Gasteiger partial charge in [-0.15, -0.1) is 0 Å². The molecule has 0 amide bonds. The van der Waals surface area contributed by atoms with Gasteiger partial charge in [-0.25, -0.2) is 0 Å². The first-order valence-electron chi connectivity index (χ1n) is 9.24. The van der Waals surface area contributed by atoms with Crippen molar-refractivity contribution in [3.05, 3.63) is 97.0 Å². The molecule has 5 rings (SSSR count). The molecular weight excluding hydrogens is 344 g/mol. The molecule has 134 valence electrons. The molecule has 3 heterocycles. The van der Waals surface area contributed by atoms with Crippen LogP contribution >= 0.6 is 0 Å². The van der Waals surface area contributed by atoms with E-state index < -0.39 is 0 Å². The SMILES string of the molecule is Cc1cnccc1-c1cc2cc(-c3cccc(-c4ccccn4)c3)ccc2o1. The van der Waals surface area contributed by atoms with E-state index in [0.717, 1.165) is 50.2 Å². The Morgan fingerprint density at radius 2 is 1.64 bits per heavy atom. The van der Waals surface area contributed by atoms with Crippen molar-refractivity contribution >= 4 is 11.0 Å². The van der Waals surface area contributed by atoms with Crippen LogP contribution in [0.1, 0.15) is 5.56 Å². The van der Waals surface area contributed by atoms with Gasteiger partial charge in [-0.1, -0.05) is 30.3 Å². The van der Waals surface area contributed by atoms with Crippen LogP contribution in [0.25, 0.3) is 44.7 Å². The van der Waals surface area contributed by atoms with Gasteiger partial charge in [0.25, 0.3) is 0 Å². The quantitative estimate of drug-likeness (QED) is 0.366. The predicted molar refractivity (Wildman–Crippen MR) is 113 cm³/mol. The van der Waals surface area contributed by atoms with Crippen molar-refractivity contribution in [1.29, 1.82) is 0 Å². The molecule has 5 aromatic rings. The van der Waals surface area contributed by atoms with Gasteiger partial charge in [0.2, 0.25) is 0 Å². The normalized spacial score (nSPS) is 11.0. The zero-order valence-electron chi connectivity index (χ0n) is 15.5. The van der Waals surface area contributed by atoms with Gasteiger partial charge in [-0.05, 0) is 66.1 Å². The lowest BCUT2D eigenvalue weighted by Crippen LogP contribution is -1.83. The van der Waals surface area contributed by atoms with E-state index in [0.29, 0.717) is 0 Å². The van der Waals surface area contributed by atoms with Crippen LogP contribution in [0.2, 0.25) is 0 Å². The Morgan fingerprint density at radius 1 is 0.750 bits per heavy atom. The van der Waals surface area contributed by atoms with Gasteiger partial charge in [0, 0.05) is 35.1 Å². The minimum Gasteiger partial charge on any atom is -0.456 e. The van der Waals surface area contributed by atoms with Crippen LogP contribution in [0.15, 0.2) is 95.8 Å². The Bertz CT molecular complexity index is 1270. The minimum atomic E-state index is 0.870. The summed E-state index contributed by atoms with van der Waals surface area (Å²) in [5, 5.41) is 1.09. The monoisotopic (exact) mass is 362 g/mol. The second-order valence-electron chi connectivity index (χ2n) is 6.85. The van der Waals surface area contributed by atoms with Crippen molar-refractivity contribution in [2.75, 3.05) is 0 Å². The third-order valence-electron chi connectivity index (χ3n) is 4.96. The van der Waals surface area contributed by atoms with Crippen molar-refractivity contribution < 1.29 is 4.42 Å². The molecule has 0 atom stereocenters. The Kier molecular flexibility index (Phi) is 3.99. The molecule has 0 spiro atoms. The van der Waals surface area contributed by atoms with Crippen molar-refractivity contribution in [1.82, 2.24) is 9.97 Å². The third-order valence-corrected chi connectivity index (χ3v) is 4.96. The van der Waals surface area contributed by atoms with E-state index in [9.17, 15) is 0 Å². The number of benzene rings is 2. The number of fused-ring (bicyclic) bond motifs is 1. The molecule has 0 unspecified atom stereocenters. The molecule has 0 aliphatic rings. The molecule has 3 nitrogen and oxygen atoms in total. The minimum absolute atomic E-state index is 0.870. The molecule has 0 fully saturated rings. The van der Waals surface area contributed by atoms with Crippen LogP contribution < -0.4 is 0 Å². The maximum Gasteiger partial charge on any atom is 0.135 e. The zero-order valence-corrected chi connectivity index (χ0v) is 15.5. The number of pyridine rings is 2. The summed E-state index contributed by atoms with van der Waals surface area (Å²) in [5.41, 5.74) is 7.46. The molecule has 3 aromatic heterocycles. The highest BCUT2D eigenvalue weighted by Gasteiger charge is 2.10. The number of furan rings is 1. The van der Waals surface area contributed by atoms with E-state index in [1.54, 1.807) is 6.20 Å².